The first-order chi connectivity index (χ1) is 12.0. The summed E-state index contributed by atoms with van der Waals surface area (Å²) in [5.74, 6) is 0.788. The zero-order valence-corrected chi connectivity index (χ0v) is 16.4. The maximum Gasteiger partial charge on any atom is 0.173 e. The van der Waals surface area contributed by atoms with Crippen molar-refractivity contribution in [2.75, 3.05) is 5.75 Å². The monoisotopic (exact) mass is 409 g/mol. The molecule has 3 rings (SSSR count). The molecule has 3 N–H and O–H groups in total. The molecule has 1 atom stereocenters. The lowest BCUT2D eigenvalue weighted by molar-refractivity contribution is 1.14. The quantitative estimate of drug-likeness (QED) is 0.681. The summed E-state index contributed by atoms with van der Waals surface area (Å²) in [6.45, 7) is 0. The molecule has 130 valence electrons. The van der Waals surface area contributed by atoms with Gasteiger partial charge in [-0.3, -0.25) is 0 Å². The van der Waals surface area contributed by atoms with Gasteiger partial charge in [-0.05, 0) is 47.8 Å². The number of aliphatic imine (C=N–C) groups is 1. The SMILES string of the molecule is NC(=S)NS1(CCc2ccccc2Cl)C=CN=C1c1cccc(Cl)c1. The number of halogens is 2. The lowest BCUT2D eigenvalue weighted by atomic mass is 10.2. The van der Waals surface area contributed by atoms with Crippen LogP contribution in [0.5, 0.6) is 0 Å². The predicted molar refractivity (Wildman–Crippen MR) is 115 cm³/mol. The molecule has 0 radical (unpaired) electrons. The Kier molecular flexibility index (Phi) is 5.69. The summed E-state index contributed by atoms with van der Waals surface area (Å²) in [5.41, 5.74) is 7.88. The fraction of sp³-hybridized carbons (Fsp3) is 0.111. The molecule has 1 unspecified atom stereocenters. The van der Waals surface area contributed by atoms with E-state index in [0.29, 0.717) is 5.02 Å². The molecule has 1 aliphatic heterocycles. The lowest BCUT2D eigenvalue weighted by Gasteiger charge is -2.36. The maximum absolute atomic E-state index is 6.31. The molecule has 0 fully saturated rings. The summed E-state index contributed by atoms with van der Waals surface area (Å²) in [4.78, 5) is 4.59. The molecule has 0 saturated heterocycles. The topological polar surface area (TPSA) is 50.4 Å². The molecule has 25 heavy (non-hydrogen) atoms. The Bertz CT molecular complexity index is 867. The van der Waals surface area contributed by atoms with Crippen molar-refractivity contribution in [3.8, 4) is 0 Å². The van der Waals surface area contributed by atoms with Crippen molar-refractivity contribution in [3.63, 3.8) is 0 Å². The standard InChI is InChI=1S/C18H17Cl2N3S2/c19-15-6-3-5-14(12-15)17-22-9-11-25(17,23-18(21)24)10-8-13-4-1-2-7-16(13)20/h1-7,9,11-12H,8,10H2,(H3,21,23,24). The minimum Gasteiger partial charge on any atom is -0.376 e. The molecule has 7 heteroatoms. The minimum atomic E-state index is -1.65. The van der Waals surface area contributed by atoms with Crippen molar-refractivity contribution in [2.24, 2.45) is 10.7 Å². The number of nitrogens with one attached hydrogen (secondary N) is 1. The van der Waals surface area contributed by atoms with Gasteiger partial charge in [0.1, 0.15) is 5.04 Å². The molecule has 0 saturated carbocycles. The van der Waals surface area contributed by atoms with Crippen LogP contribution in [0.4, 0.5) is 0 Å². The van der Waals surface area contributed by atoms with Gasteiger partial charge >= 0.3 is 0 Å². The summed E-state index contributed by atoms with van der Waals surface area (Å²) in [6, 6.07) is 15.5. The highest BCUT2D eigenvalue weighted by Crippen LogP contribution is 2.52. The molecule has 0 aromatic heterocycles. The summed E-state index contributed by atoms with van der Waals surface area (Å²) in [6.07, 6.45) is 2.60. The van der Waals surface area contributed by atoms with Gasteiger partial charge in [0, 0.05) is 27.6 Å². The van der Waals surface area contributed by atoms with Gasteiger partial charge in [-0.15, -0.1) is 10.2 Å². The third-order valence-corrected chi connectivity index (χ3v) is 7.72. The van der Waals surface area contributed by atoms with E-state index in [2.05, 4.69) is 15.1 Å². The predicted octanol–water partition coefficient (Wildman–Crippen LogP) is 5.02. The number of nitrogens with zero attached hydrogens (tertiary/aromatic N) is 1. The average Bonchev–Trinajstić information content (AvgIpc) is 2.97. The number of nitrogens with two attached hydrogens (primary N) is 1. The zero-order chi connectivity index (χ0) is 17.9. The Labute approximate surface area is 164 Å². The Morgan fingerprint density at radius 2 is 1.96 bits per heavy atom. The van der Waals surface area contributed by atoms with Crippen LogP contribution in [0.1, 0.15) is 11.1 Å². The van der Waals surface area contributed by atoms with E-state index in [1.54, 1.807) is 0 Å². The van der Waals surface area contributed by atoms with Crippen molar-refractivity contribution < 1.29 is 0 Å². The Balaban J connectivity index is 1.93. The number of aryl methyl sites for hydroxylation is 1. The van der Waals surface area contributed by atoms with E-state index < -0.39 is 10.2 Å². The van der Waals surface area contributed by atoms with E-state index in [1.807, 2.05) is 54.7 Å². The van der Waals surface area contributed by atoms with E-state index in [-0.39, 0.29) is 5.11 Å². The molecule has 1 heterocycles. The van der Waals surface area contributed by atoms with E-state index in [1.165, 1.54) is 0 Å². The molecular weight excluding hydrogens is 393 g/mol. The molecule has 0 spiro atoms. The third kappa shape index (κ3) is 4.18. The first kappa shape index (κ1) is 18.3. The summed E-state index contributed by atoms with van der Waals surface area (Å²) >= 11 is 17.6. The zero-order valence-electron chi connectivity index (χ0n) is 13.3. The van der Waals surface area contributed by atoms with Gasteiger partial charge in [-0.25, -0.2) is 4.99 Å². The van der Waals surface area contributed by atoms with Gasteiger partial charge in [0.25, 0.3) is 0 Å². The molecular formula is C18H17Cl2N3S2. The van der Waals surface area contributed by atoms with Crippen LogP contribution in [0, 0.1) is 0 Å². The van der Waals surface area contributed by atoms with Crippen molar-refractivity contribution in [1.82, 2.24) is 4.72 Å². The summed E-state index contributed by atoms with van der Waals surface area (Å²) in [7, 11) is -1.65. The average molecular weight is 410 g/mol. The van der Waals surface area contributed by atoms with Crippen LogP contribution in [0.2, 0.25) is 10.0 Å². The van der Waals surface area contributed by atoms with Crippen molar-refractivity contribution in [3.05, 3.63) is 81.3 Å². The molecule has 2 aromatic rings. The van der Waals surface area contributed by atoms with E-state index in [4.69, 9.17) is 41.2 Å². The van der Waals surface area contributed by atoms with E-state index in [9.17, 15) is 0 Å². The molecule has 2 aromatic carbocycles. The second-order valence-electron chi connectivity index (χ2n) is 5.53. The highest BCUT2D eigenvalue weighted by Gasteiger charge is 2.32. The Morgan fingerprint density at radius 1 is 1.16 bits per heavy atom. The third-order valence-electron chi connectivity index (χ3n) is 3.84. The minimum absolute atomic E-state index is 0.260. The van der Waals surface area contributed by atoms with Crippen LogP contribution in [0.3, 0.4) is 0 Å². The number of hydrogen-bond donors (Lipinski definition) is 2. The van der Waals surface area contributed by atoms with Crippen molar-refractivity contribution in [2.45, 2.75) is 6.42 Å². The van der Waals surface area contributed by atoms with Crippen LogP contribution in [-0.2, 0) is 6.42 Å². The number of benzene rings is 2. The normalized spacial score (nSPS) is 21.4. The molecule has 1 aliphatic rings. The first-order valence-corrected chi connectivity index (χ1v) is 10.7. The lowest BCUT2D eigenvalue weighted by Crippen LogP contribution is -2.36. The summed E-state index contributed by atoms with van der Waals surface area (Å²) < 4.78 is 3.30. The second kappa shape index (κ2) is 7.79. The largest absolute Gasteiger partial charge is 0.376 e. The van der Waals surface area contributed by atoms with Crippen molar-refractivity contribution >= 4 is 55.8 Å². The van der Waals surface area contributed by atoms with E-state index in [0.717, 1.165) is 33.4 Å². The first-order valence-electron chi connectivity index (χ1n) is 7.62. The van der Waals surface area contributed by atoms with Gasteiger partial charge in [-0.1, -0.05) is 53.5 Å². The summed E-state index contributed by atoms with van der Waals surface area (Å²) in [5, 5.41) is 4.68. The number of thiocarbonyl (C=S) groups is 1. The van der Waals surface area contributed by atoms with Gasteiger partial charge in [-0.2, -0.15) is 0 Å². The van der Waals surface area contributed by atoms with Gasteiger partial charge < -0.3 is 10.5 Å². The fourth-order valence-electron chi connectivity index (χ4n) is 2.72. The Hall–Kier alpha value is -1.53. The maximum atomic E-state index is 6.31. The molecule has 0 bridgehead atoms. The van der Waals surface area contributed by atoms with Crippen LogP contribution in [0.25, 0.3) is 0 Å². The van der Waals surface area contributed by atoms with Gasteiger partial charge in [0.2, 0.25) is 0 Å². The van der Waals surface area contributed by atoms with Crippen LogP contribution < -0.4 is 10.5 Å². The highest BCUT2D eigenvalue weighted by atomic mass is 35.5. The van der Waals surface area contributed by atoms with Gasteiger partial charge in [0.15, 0.2) is 5.11 Å². The van der Waals surface area contributed by atoms with Crippen LogP contribution in [0.15, 0.2) is 65.1 Å². The number of rotatable bonds is 5. The number of hydrogen-bond acceptors (Lipinski definition) is 2. The van der Waals surface area contributed by atoms with Crippen LogP contribution >= 0.6 is 45.6 Å². The smallest absolute Gasteiger partial charge is 0.173 e. The van der Waals surface area contributed by atoms with Crippen molar-refractivity contribution in [1.29, 1.82) is 0 Å². The molecule has 3 nitrogen and oxygen atoms in total. The van der Waals surface area contributed by atoms with Crippen LogP contribution in [-0.4, -0.2) is 15.9 Å². The Morgan fingerprint density at radius 3 is 2.68 bits per heavy atom. The van der Waals surface area contributed by atoms with E-state index >= 15 is 0 Å². The fourth-order valence-corrected chi connectivity index (χ4v) is 6.27. The highest BCUT2D eigenvalue weighted by molar-refractivity contribution is 8.47. The van der Waals surface area contributed by atoms with Gasteiger partial charge in [0.05, 0.1) is 0 Å². The molecule has 0 amide bonds. The molecule has 0 aliphatic carbocycles. The second-order valence-corrected chi connectivity index (χ2v) is 9.68.